The van der Waals surface area contributed by atoms with Crippen molar-refractivity contribution in [3.63, 3.8) is 0 Å². The molecular weight excluding hydrogens is 476 g/mol. The van der Waals surface area contributed by atoms with E-state index in [-0.39, 0.29) is 17.9 Å². The fraction of sp³-hybridized carbons (Fsp3) is 0.185. The van der Waals surface area contributed by atoms with Gasteiger partial charge >= 0.3 is 0 Å². The van der Waals surface area contributed by atoms with E-state index in [1.54, 1.807) is 30.2 Å². The molecule has 5 rings (SSSR count). The van der Waals surface area contributed by atoms with Crippen LogP contribution >= 0.6 is 0 Å². The monoisotopic (exact) mass is 501 g/mol. The Hall–Kier alpha value is -4.44. The number of nitrogens with one attached hydrogen (secondary N) is 1. The Balaban J connectivity index is 1.56. The Kier molecular flexibility index (Phi) is 7.00. The second-order valence-electron chi connectivity index (χ2n) is 8.29. The van der Waals surface area contributed by atoms with Crippen molar-refractivity contribution in [3.8, 4) is 17.3 Å². The molecule has 188 valence electrons. The second kappa shape index (κ2) is 10.7. The highest BCUT2D eigenvalue weighted by atomic mass is 19.1. The van der Waals surface area contributed by atoms with Gasteiger partial charge in [0, 0.05) is 52.9 Å². The molecule has 0 bridgehead atoms. The van der Waals surface area contributed by atoms with Gasteiger partial charge in [0.1, 0.15) is 28.9 Å². The third-order valence-electron chi connectivity index (χ3n) is 5.82. The predicted molar refractivity (Wildman–Crippen MR) is 138 cm³/mol. The molecule has 3 heterocycles. The molecule has 0 spiro atoms. The summed E-state index contributed by atoms with van der Waals surface area (Å²) in [7, 11) is 0. The highest BCUT2D eigenvalue weighted by Crippen LogP contribution is 2.30. The molecule has 37 heavy (non-hydrogen) atoms. The topological polar surface area (TPSA) is 104 Å². The van der Waals surface area contributed by atoms with Gasteiger partial charge in [-0.2, -0.15) is 5.10 Å². The van der Waals surface area contributed by atoms with Gasteiger partial charge in [-0.25, -0.2) is 18.7 Å². The zero-order chi connectivity index (χ0) is 25.8. The van der Waals surface area contributed by atoms with Crippen LogP contribution in [0.3, 0.4) is 0 Å². The molecule has 0 fully saturated rings. The Morgan fingerprint density at radius 1 is 1.05 bits per heavy atom. The van der Waals surface area contributed by atoms with Gasteiger partial charge in [-0.05, 0) is 38.1 Å². The summed E-state index contributed by atoms with van der Waals surface area (Å²) < 4.78 is 36.4. The van der Waals surface area contributed by atoms with E-state index in [0.29, 0.717) is 42.4 Å². The van der Waals surface area contributed by atoms with Crippen LogP contribution in [0.1, 0.15) is 18.1 Å². The Bertz CT molecular complexity index is 1520. The van der Waals surface area contributed by atoms with Crippen LogP contribution in [0.4, 0.5) is 20.3 Å². The van der Waals surface area contributed by atoms with E-state index in [4.69, 9.17) is 15.5 Å². The molecular formula is C27H25F2N7O. The van der Waals surface area contributed by atoms with Gasteiger partial charge in [-0.15, -0.1) is 0 Å². The number of aromatic nitrogens is 5. The van der Waals surface area contributed by atoms with Crippen LogP contribution in [0, 0.1) is 11.6 Å². The molecule has 3 aromatic heterocycles. The largest absolute Gasteiger partial charge is 0.494 e. The third kappa shape index (κ3) is 5.10. The first-order chi connectivity index (χ1) is 18.1. The molecule has 10 heteroatoms. The van der Waals surface area contributed by atoms with Crippen molar-refractivity contribution in [1.82, 2.24) is 24.7 Å². The number of fused-ring (bicyclic) bond motifs is 1. The Morgan fingerprint density at radius 2 is 1.81 bits per heavy atom. The minimum atomic E-state index is -0.698. The third-order valence-corrected chi connectivity index (χ3v) is 5.82. The summed E-state index contributed by atoms with van der Waals surface area (Å²) in [6, 6.07) is 13.5. The first kappa shape index (κ1) is 24.3. The maximum absolute atomic E-state index is 14.8. The lowest BCUT2D eigenvalue weighted by Gasteiger charge is -2.11. The van der Waals surface area contributed by atoms with Crippen molar-refractivity contribution in [3.05, 3.63) is 89.9 Å². The molecule has 0 saturated heterocycles. The molecule has 0 unspecified atom stereocenters. The second-order valence-corrected chi connectivity index (χ2v) is 8.29. The lowest BCUT2D eigenvalue weighted by Crippen LogP contribution is -2.09. The highest BCUT2D eigenvalue weighted by molar-refractivity contribution is 5.91. The van der Waals surface area contributed by atoms with Crippen molar-refractivity contribution in [2.75, 3.05) is 18.5 Å². The molecule has 0 aliphatic carbocycles. The summed E-state index contributed by atoms with van der Waals surface area (Å²) in [5.41, 5.74) is 8.55. The fourth-order valence-electron chi connectivity index (χ4n) is 4.08. The number of benzene rings is 2. The SMILES string of the molecule is CCOc1cc(F)c(Cn2nc(-c3ncc(CCN)c(Nc4ccncc4)n3)c3ccccc32)c(F)c1. The lowest BCUT2D eigenvalue weighted by molar-refractivity contribution is 0.335. The fourth-order valence-corrected chi connectivity index (χ4v) is 4.08. The summed E-state index contributed by atoms with van der Waals surface area (Å²) in [6.07, 6.45) is 5.67. The molecule has 8 nitrogen and oxygen atoms in total. The van der Waals surface area contributed by atoms with E-state index in [1.165, 1.54) is 12.1 Å². The van der Waals surface area contributed by atoms with Gasteiger partial charge in [-0.1, -0.05) is 18.2 Å². The Morgan fingerprint density at radius 3 is 2.54 bits per heavy atom. The van der Waals surface area contributed by atoms with E-state index in [2.05, 4.69) is 20.4 Å². The van der Waals surface area contributed by atoms with Gasteiger partial charge in [0.25, 0.3) is 0 Å². The summed E-state index contributed by atoms with van der Waals surface area (Å²) >= 11 is 0. The maximum atomic E-state index is 14.8. The van der Waals surface area contributed by atoms with Crippen molar-refractivity contribution in [2.24, 2.45) is 5.73 Å². The molecule has 3 N–H and O–H groups in total. The van der Waals surface area contributed by atoms with Crippen LogP contribution in [-0.2, 0) is 13.0 Å². The predicted octanol–water partition coefficient (Wildman–Crippen LogP) is 4.86. The van der Waals surface area contributed by atoms with Crippen LogP contribution in [0.15, 0.2) is 67.1 Å². The number of hydrogen-bond donors (Lipinski definition) is 2. The number of ether oxygens (including phenoxy) is 1. The number of para-hydroxylation sites is 1. The van der Waals surface area contributed by atoms with Gasteiger partial charge in [0.2, 0.25) is 0 Å². The molecule has 0 aliphatic heterocycles. The van der Waals surface area contributed by atoms with Gasteiger partial charge in [0.05, 0.1) is 18.7 Å². The van der Waals surface area contributed by atoms with Crippen molar-refractivity contribution < 1.29 is 13.5 Å². The van der Waals surface area contributed by atoms with Gasteiger partial charge in [0.15, 0.2) is 5.82 Å². The average Bonchev–Trinajstić information content (AvgIpc) is 3.27. The van der Waals surface area contributed by atoms with E-state index < -0.39 is 11.6 Å². The van der Waals surface area contributed by atoms with Crippen LogP contribution in [0.5, 0.6) is 5.75 Å². The van der Waals surface area contributed by atoms with Crippen LogP contribution in [0.2, 0.25) is 0 Å². The van der Waals surface area contributed by atoms with E-state index >= 15 is 0 Å². The number of anilines is 2. The quantitative estimate of drug-likeness (QED) is 0.297. The van der Waals surface area contributed by atoms with E-state index in [0.717, 1.165) is 16.6 Å². The summed E-state index contributed by atoms with van der Waals surface area (Å²) in [6.45, 7) is 2.39. The van der Waals surface area contributed by atoms with Crippen molar-refractivity contribution in [1.29, 1.82) is 0 Å². The smallest absolute Gasteiger partial charge is 0.182 e. The molecule has 0 saturated carbocycles. The van der Waals surface area contributed by atoms with Crippen molar-refractivity contribution >= 4 is 22.4 Å². The van der Waals surface area contributed by atoms with E-state index in [9.17, 15) is 8.78 Å². The first-order valence-electron chi connectivity index (χ1n) is 11.9. The van der Waals surface area contributed by atoms with Crippen LogP contribution < -0.4 is 15.8 Å². The normalized spacial score (nSPS) is 11.1. The number of nitrogens with two attached hydrogens (primary N) is 1. The molecule has 0 aliphatic rings. The molecule has 0 radical (unpaired) electrons. The maximum Gasteiger partial charge on any atom is 0.182 e. The minimum absolute atomic E-state index is 0.109. The average molecular weight is 502 g/mol. The van der Waals surface area contributed by atoms with E-state index in [1.807, 2.05) is 36.4 Å². The minimum Gasteiger partial charge on any atom is -0.494 e. The zero-order valence-electron chi connectivity index (χ0n) is 20.2. The Labute approximate surface area is 212 Å². The van der Waals surface area contributed by atoms with Crippen LogP contribution in [-0.4, -0.2) is 37.9 Å². The number of pyridine rings is 1. The summed E-state index contributed by atoms with van der Waals surface area (Å²) in [5.74, 6) is -0.275. The number of rotatable bonds is 9. The number of hydrogen-bond acceptors (Lipinski definition) is 7. The summed E-state index contributed by atoms with van der Waals surface area (Å²) in [5, 5.41) is 8.74. The van der Waals surface area contributed by atoms with Gasteiger partial charge in [-0.3, -0.25) is 9.67 Å². The first-order valence-corrected chi connectivity index (χ1v) is 11.9. The summed E-state index contributed by atoms with van der Waals surface area (Å²) in [4.78, 5) is 13.3. The van der Waals surface area contributed by atoms with Crippen molar-refractivity contribution in [2.45, 2.75) is 19.9 Å². The lowest BCUT2D eigenvalue weighted by atomic mass is 10.1. The standard InChI is InChI=1S/C27H25F2N7O/c1-2-37-19-13-22(28)21(23(29)14-19)16-36-24-6-4-3-5-20(24)25(35-36)27-32-15-17(7-10-30)26(34-27)33-18-8-11-31-12-9-18/h3-6,8-9,11-15H,2,7,10,16,30H2,1H3,(H,31,32,33,34). The zero-order valence-corrected chi connectivity index (χ0v) is 20.2. The van der Waals surface area contributed by atoms with Crippen LogP contribution in [0.25, 0.3) is 22.4 Å². The number of nitrogens with zero attached hydrogens (tertiary/aromatic N) is 5. The highest BCUT2D eigenvalue weighted by Gasteiger charge is 2.19. The molecule has 0 atom stereocenters. The molecule has 0 amide bonds. The molecule has 5 aromatic rings. The molecule has 2 aromatic carbocycles. The number of halogens is 2. The van der Waals surface area contributed by atoms with Gasteiger partial charge < -0.3 is 15.8 Å².